The molecular weight excluding hydrogens is 323 g/mol. The quantitative estimate of drug-likeness (QED) is 0.812. The number of methoxy groups -OCH3 is 1. The smallest absolute Gasteiger partial charge is 0.347 e. The second-order valence-corrected chi connectivity index (χ2v) is 5.54. The van der Waals surface area contributed by atoms with Gasteiger partial charge in [0, 0.05) is 0 Å². The first-order valence-electron chi connectivity index (χ1n) is 7.90. The Kier molecular flexibility index (Phi) is 5.93. The van der Waals surface area contributed by atoms with Crippen LogP contribution in [0.1, 0.15) is 25.0 Å². The van der Waals surface area contributed by atoms with Crippen molar-refractivity contribution in [2.24, 2.45) is 0 Å². The maximum absolute atomic E-state index is 13.1. The van der Waals surface area contributed by atoms with Crippen molar-refractivity contribution >= 4 is 12.0 Å². The van der Waals surface area contributed by atoms with Gasteiger partial charge in [-0.3, -0.25) is 0 Å². The van der Waals surface area contributed by atoms with Crippen LogP contribution < -0.4 is 4.74 Å². The lowest BCUT2D eigenvalue weighted by Crippen LogP contribution is -2.38. The van der Waals surface area contributed by atoms with Gasteiger partial charge in [-0.15, -0.1) is 0 Å². The molecule has 1 atom stereocenters. The van der Waals surface area contributed by atoms with Crippen molar-refractivity contribution in [2.75, 3.05) is 13.7 Å². The molecule has 25 heavy (non-hydrogen) atoms. The average molecular weight is 344 g/mol. The van der Waals surface area contributed by atoms with Gasteiger partial charge in [0.2, 0.25) is 5.60 Å². The molecule has 0 fully saturated rings. The molecule has 0 saturated heterocycles. The summed E-state index contributed by atoms with van der Waals surface area (Å²) in [4.78, 5) is 12.5. The van der Waals surface area contributed by atoms with Crippen molar-refractivity contribution in [3.63, 3.8) is 0 Å². The molecular formula is C20H21FO4. The molecule has 0 heterocycles. The van der Waals surface area contributed by atoms with Crippen LogP contribution in [0.25, 0.3) is 6.08 Å². The van der Waals surface area contributed by atoms with Crippen LogP contribution in [0.15, 0.2) is 54.1 Å². The van der Waals surface area contributed by atoms with E-state index < -0.39 is 11.6 Å². The maximum atomic E-state index is 13.1. The molecule has 0 spiro atoms. The summed E-state index contributed by atoms with van der Waals surface area (Å²) in [6, 6.07) is 12.3. The lowest BCUT2D eigenvalue weighted by Gasteiger charge is -2.27. The topological polar surface area (TPSA) is 55.8 Å². The first-order chi connectivity index (χ1) is 11.9. The molecule has 0 aliphatic heterocycles. The molecule has 5 heteroatoms. The lowest BCUT2D eigenvalue weighted by atomic mass is 9.85. The zero-order valence-corrected chi connectivity index (χ0v) is 14.5. The molecule has 1 N–H and O–H groups in total. The highest BCUT2D eigenvalue weighted by Crippen LogP contribution is 2.33. The van der Waals surface area contributed by atoms with Gasteiger partial charge in [-0.05, 0) is 54.8 Å². The second kappa shape index (κ2) is 7.94. The molecule has 0 aliphatic rings. The van der Waals surface area contributed by atoms with Crippen LogP contribution in [-0.4, -0.2) is 24.8 Å². The summed E-state index contributed by atoms with van der Waals surface area (Å²) < 4.78 is 23.3. The number of aliphatic hydroxyl groups is 1. The molecule has 132 valence electrons. The van der Waals surface area contributed by atoms with Crippen molar-refractivity contribution in [1.82, 2.24) is 0 Å². The van der Waals surface area contributed by atoms with Crippen molar-refractivity contribution < 1.29 is 23.8 Å². The van der Waals surface area contributed by atoms with Gasteiger partial charge in [-0.2, -0.15) is 0 Å². The second-order valence-electron chi connectivity index (χ2n) is 5.54. The highest BCUT2D eigenvalue weighted by Gasteiger charge is 2.41. The molecule has 2 aromatic rings. The third-order valence-corrected chi connectivity index (χ3v) is 3.90. The molecule has 0 amide bonds. The molecule has 0 bridgehead atoms. The molecule has 4 nitrogen and oxygen atoms in total. The Morgan fingerprint density at radius 1 is 1.16 bits per heavy atom. The average Bonchev–Trinajstić information content (AvgIpc) is 2.63. The van der Waals surface area contributed by atoms with E-state index in [0.29, 0.717) is 22.4 Å². The summed E-state index contributed by atoms with van der Waals surface area (Å²) in [5.74, 6) is -0.517. The Bertz CT molecular complexity index is 750. The third-order valence-electron chi connectivity index (χ3n) is 3.90. The van der Waals surface area contributed by atoms with Gasteiger partial charge >= 0.3 is 5.97 Å². The molecule has 1 unspecified atom stereocenters. The normalized spacial score (nSPS) is 13.9. The van der Waals surface area contributed by atoms with Crippen LogP contribution in [-0.2, 0) is 15.1 Å². The molecule has 0 aliphatic carbocycles. The predicted octanol–water partition coefficient (Wildman–Crippen LogP) is 3.69. The van der Waals surface area contributed by atoms with Crippen molar-refractivity contribution in [1.29, 1.82) is 0 Å². The van der Waals surface area contributed by atoms with E-state index in [1.165, 1.54) is 19.2 Å². The van der Waals surface area contributed by atoms with Crippen LogP contribution in [0.4, 0.5) is 4.39 Å². The number of ether oxygens (including phenoxy) is 2. The summed E-state index contributed by atoms with van der Waals surface area (Å²) in [5.41, 5.74) is -0.558. The summed E-state index contributed by atoms with van der Waals surface area (Å²) in [6.45, 7) is 3.44. The van der Waals surface area contributed by atoms with E-state index in [1.54, 1.807) is 56.3 Å². The fourth-order valence-corrected chi connectivity index (χ4v) is 2.49. The highest BCUT2D eigenvalue weighted by molar-refractivity contribution is 5.86. The Morgan fingerprint density at radius 2 is 1.76 bits per heavy atom. The minimum Gasteiger partial charge on any atom is -0.497 e. The largest absolute Gasteiger partial charge is 0.497 e. The van der Waals surface area contributed by atoms with Gasteiger partial charge in [-0.1, -0.05) is 30.3 Å². The lowest BCUT2D eigenvalue weighted by molar-refractivity contribution is -0.161. The van der Waals surface area contributed by atoms with Crippen LogP contribution in [0, 0.1) is 5.82 Å². The molecule has 2 rings (SSSR count). The SMILES string of the molecule is CCOC(=O)C(O)(/C(C)=C/c1ccc(F)cc1)c1ccc(OC)cc1. The van der Waals surface area contributed by atoms with Gasteiger partial charge in [0.25, 0.3) is 0 Å². The van der Waals surface area contributed by atoms with Crippen molar-refractivity contribution in [3.05, 3.63) is 71.0 Å². The van der Waals surface area contributed by atoms with Gasteiger partial charge in [-0.25, -0.2) is 9.18 Å². The fourth-order valence-electron chi connectivity index (χ4n) is 2.49. The number of carbonyl (C=O) groups excluding carboxylic acids is 1. The zero-order valence-electron chi connectivity index (χ0n) is 14.5. The van der Waals surface area contributed by atoms with Gasteiger partial charge < -0.3 is 14.6 Å². The van der Waals surface area contributed by atoms with Gasteiger partial charge in [0.1, 0.15) is 11.6 Å². The number of halogens is 1. The monoisotopic (exact) mass is 344 g/mol. The van der Waals surface area contributed by atoms with Crippen LogP contribution in [0.2, 0.25) is 0 Å². The van der Waals surface area contributed by atoms with Gasteiger partial charge in [0.15, 0.2) is 0 Å². The van der Waals surface area contributed by atoms with E-state index in [9.17, 15) is 14.3 Å². The Labute approximate surface area is 146 Å². The first kappa shape index (κ1) is 18.7. The summed E-state index contributed by atoms with van der Waals surface area (Å²) in [6.07, 6.45) is 1.63. The number of benzene rings is 2. The van der Waals surface area contributed by atoms with Crippen molar-refractivity contribution in [2.45, 2.75) is 19.4 Å². The van der Waals surface area contributed by atoms with Crippen LogP contribution >= 0.6 is 0 Å². The van der Waals surface area contributed by atoms with Gasteiger partial charge in [0.05, 0.1) is 13.7 Å². The summed E-state index contributed by atoms with van der Waals surface area (Å²) >= 11 is 0. The number of hydrogen-bond acceptors (Lipinski definition) is 4. The predicted molar refractivity (Wildman–Crippen MR) is 93.6 cm³/mol. The van der Waals surface area contributed by atoms with E-state index in [0.717, 1.165) is 0 Å². The Morgan fingerprint density at radius 3 is 2.28 bits per heavy atom. The minimum absolute atomic E-state index is 0.140. The third kappa shape index (κ3) is 4.06. The number of carbonyl (C=O) groups is 1. The van der Waals surface area contributed by atoms with E-state index in [4.69, 9.17) is 9.47 Å². The minimum atomic E-state index is -1.95. The number of rotatable bonds is 6. The number of esters is 1. The van der Waals surface area contributed by atoms with E-state index >= 15 is 0 Å². The van der Waals surface area contributed by atoms with E-state index in [1.807, 2.05) is 0 Å². The van der Waals surface area contributed by atoms with E-state index in [2.05, 4.69) is 0 Å². The highest BCUT2D eigenvalue weighted by atomic mass is 19.1. The molecule has 0 aromatic heterocycles. The van der Waals surface area contributed by atoms with Crippen molar-refractivity contribution in [3.8, 4) is 5.75 Å². The van der Waals surface area contributed by atoms with E-state index in [-0.39, 0.29) is 12.4 Å². The van der Waals surface area contributed by atoms with Crippen LogP contribution in [0.3, 0.4) is 0 Å². The first-order valence-corrected chi connectivity index (χ1v) is 7.90. The Hall–Kier alpha value is -2.66. The molecule has 0 saturated carbocycles. The molecule has 0 radical (unpaired) electrons. The fraction of sp³-hybridized carbons (Fsp3) is 0.250. The summed E-state index contributed by atoms with van der Waals surface area (Å²) in [5, 5.41) is 11.2. The molecule has 2 aromatic carbocycles. The Balaban J connectivity index is 2.49. The standard InChI is InChI=1S/C20H21FO4/c1-4-25-19(22)20(23,16-7-11-18(24-3)12-8-16)14(2)13-15-5-9-17(21)10-6-15/h5-13,23H,4H2,1-3H3/b14-13+. The summed E-state index contributed by atoms with van der Waals surface area (Å²) in [7, 11) is 1.53. The maximum Gasteiger partial charge on any atom is 0.347 e. The zero-order chi connectivity index (χ0) is 18.4. The van der Waals surface area contributed by atoms with Crippen LogP contribution in [0.5, 0.6) is 5.75 Å². The number of hydrogen-bond donors (Lipinski definition) is 1.